The summed E-state index contributed by atoms with van der Waals surface area (Å²) < 4.78 is 23.1. The first kappa shape index (κ1) is 29.9. The van der Waals surface area contributed by atoms with Crippen LogP contribution in [0.2, 0.25) is 5.04 Å². The van der Waals surface area contributed by atoms with Crippen LogP contribution in [-0.2, 0) is 9.22 Å². The molecule has 0 spiro atoms. The van der Waals surface area contributed by atoms with Crippen LogP contribution in [0.1, 0.15) is 64.4 Å². The van der Waals surface area contributed by atoms with Crippen molar-refractivity contribution < 1.29 is 18.7 Å². The van der Waals surface area contributed by atoms with Gasteiger partial charge in [0.2, 0.25) is 0 Å². The molecule has 40 heavy (non-hydrogen) atoms. The highest BCUT2D eigenvalue weighted by Crippen LogP contribution is 2.48. The molecule has 0 heterocycles. The molecule has 3 aromatic carbocycles. The molecule has 4 atom stereocenters. The molecule has 0 aliphatic heterocycles. The van der Waals surface area contributed by atoms with E-state index in [1.54, 1.807) is 0 Å². The number of carboxylic acid groups (broad SMARTS) is 1. The quantitative estimate of drug-likeness (QED) is 0.142. The molecule has 0 radical (unpaired) electrons. The first-order valence-corrected chi connectivity index (χ1v) is 16.5. The largest absolute Gasteiger partial charge is 0.481 e. The Morgan fingerprint density at radius 1 is 0.900 bits per heavy atom. The SMILES string of the molecule is CC(C)(C)[Si](OC[C@@H]1C(c2ccccc2)C[C@H](F)[C@H]1C/C=C\CCCC(=O)O)(c1ccccc1)c1ccccc1. The van der Waals surface area contributed by atoms with Crippen molar-refractivity contribution in [3.8, 4) is 0 Å². The highest BCUT2D eigenvalue weighted by atomic mass is 28.4. The van der Waals surface area contributed by atoms with Crippen LogP contribution in [0.15, 0.2) is 103 Å². The van der Waals surface area contributed by atoms with Gasteiger partial charge in [0, 0.05) is 13.0 Å². The molecule has 1 fully saturated rings. The van der Waals surface area contributed by atoms with E-state index >= 15 is 4.39 Å². The summed E-state index contributed by atoms with van der Waals surface area (Å²) in [5.74, 6) is -0.819. The number of halogens is 1. The standard InChI is InChI=1S/C35H43FO3Si/c1-35(2,3)40(28-19-11-7-12-20-28,29-21-13-8-14-22-29)39-26-32-30(23-15-4-5-16-24-34(37)38)33(36)25-31(32)27-17-9-6-10-18-27/h4,6-15,17-22,30-33H,5,16,23-26H2,1-3H3,(H,37,38)/b15-4-/t30-,31?,32-,33-/m0/s1. The van der Waals surface area contributed by atoms with Gasteiger partial charge in [-0.05, 0) is 64.4 Å². The summed E-state index contributed by atoms with van der Waals surface area (Å²) in [7, 11) is -2.75. The molecule has 5 heteroatoms. The number of carbonyl (C=O) groups is 1. The van der Waals surface area contributed by atoms with Gasteiger partial charge < -0.3 is 9.53 Å². The summed E-state index contributed by atoms with van der Waals surface area (Å²) in [5.41, 5.74) is 1.18. The summed E-state index contributed by atoms with van der Waals surface area (Å²) in [4.78, 5) is 10.8. The minimum Gasteiger partial charge on any atom is -0.481 e. The average Bonchev–Trinajstić information content (AvgIpc) is 3.26. The predicted molar refractivity (Wildman–Crippen MR) is 164 cm³/mol. The highest BCUT2D eigenvalue weighted by molar-refractivity contribution is 6.99. The minimum absolute atomic E-state index is 0.0303. The topological polar surface area (TPSA) is 46.5 Å². The van der Waals surface area contributed by atoms with E-state index in [0.717, 1.165) is 0 Å². The van der Waals surface area contributed by atoms with Crippen molar-refractivity contribution in [2.24, 2.45) is 11.8 Å². The molecule has 3 nitrogen and oxygen atoms in total. The number of hydrogen-bond acceptors (Lipinski definition) is 2. The van der Waals surface area contributed by atoms with Gasteiger partial charge in [-0.15, -0.1) is 0 Å². The van der Waals surface area contributed by atoms with Gasteiger partial charge in [-0.25, -0.2) is 4.39 Å². The highest BCUT2D eigenvalue weighted by Gasteiger charge is 2.52. The normalized spacial score (nSPS) is 21.6. The molecule has 1 saturated carbocycles. The number of benzene rings is 3. The molecule has 3 aromatic rings. The summed E-state index contributed by atoms with van der Waals surface area (Å²) in [6.07, 6.45) is 5.74. The molecule has 1 aliphatic rings. The van der Waals surface area contributed by atoms with Crippen LogP contribution in [0.25, 0.3) is 0 Å². The van der Waals surface area contributed by atoms with Gasteiger partial charge in [0.15, 0.2) is 0 Å². The molecule has 0 saturated heterocycles. The third kappa shape index (κ3) is 6.81. The fourth-order valence-corrected chi connectivity index (χ4v) is 11.1. The summed E-state index contributed by atoms with van der Waals surface area (Å²) in [5, 5.41) is 11.2. The van der Waals surface area contributed by atoms with Crippen molar-refractivity contribution in [2.75, 3.05) is 6.61 Å². The first-order chi connectivity index (χ1) is 19.2. The van der Waals surface area contributed by atoms with Crippen LogP contribution in [-0.4, -0.2) is 32.2 Å². The zero-order valence-electron chi connectivity index (χ0n) is 24.0. The van der Waals surface area contributed by atoms with Gasteiger partial charge in [-0.2, -0.15) is 0 Å². The van der Waals surface area contributed by atoms with E-state index in [4.69, 9.17) is 9.53 Å². The molecule has 0 amide bonds. The maximum absolute atomic E-state index is 15.8. The Bertz CT molecular complexity index is 1180. The monoisotopic (exact) mass is 558 g/mol. The smallest absolute Gasteiger partial charge is 0.303 e. The molecule has 4 rings (SSSR count). The number of rotatable bonds is 12. The van der Waals surface area contributed by atoms with E-state index in [9.17, 15) is 4.79 Å². The lowest BCUT2D eigenvalue weighted by molar-refractivity contribution is -0.137. The van der Waals surface area contributed by atoms with Crippen LogP contribution in [0.4, 0.5) is 4.39 Å². The second-order valence-electron chi connectivity index (χ2n) is 12.1. The molecule has 0 bridgehead atoms. The fourth-order valence-electron chi connectivity index (χ4n) is 6.53. The van der Waals surface area contributed by atoms with Crippen molar-refractivity contribution >= 4 is 24.7 Å². The zero-order valence-corrected chi connectivity index (χ0v) is 25.0. The van der Waals surface area contributed by atoms with Crippen molar-refractivity contribution in [1.82, 2.24) is 0 Å². The van der Waals surface area contributed by atoms with E-state index in [1.807, 2.05) is 36.4 Å². The molecular formula is C35H43FO3Si. The summed E-state index contributed by atoms with van der Waals surface area (Å²) in [6, 6.07) is 31.6. The van der Waals surface area contributed by atoms with Crippen molar-refractivity contribution in [3.63, 3.8) is 0 Å². The Balaban J connectivity index is 1.67. The Morgan fingerprint density at radius 3 is 1.98 bits per heavy atom. The van der Waals surface area contributed by atoms with Gasteiger partial charge in [0.1, 0.15) is 6.17 Å². The van der Waals surface area contributed by atoms with E-state index in [0.29, 0.717) is 32.3 Å². The second kappa shape index (κ2) is 13.6. The maximum Gasteiger partial charge on any atom is 0.303 e. The van der Waals surface area contributed by atoms with E-state index in [2.05, 4.69) is 87.5 Å². The zero-order chi connectivity index (χ0) is 28.6. The number of hydrogen-bond donors (Lipinski definition) is 1. The van der Waals surface area contributed by atoms with Crippen LogP contribution >= 0.6 is 0 Å². The number of aliphatic carboxylic acids is 1. The van der Waals surface area contributed by atoms with E-state index in [-0.39, 0.29) is 29.2 Å². The number of allylic oxidation sites excluding steroid dienone is 2. The van der Waals surface area contributed by atoms with Crippen molar-refractivity contribution in [1.29, 1.82) is 0 Å². The Morgan fingerprint density at radius 2 is 1.45 bits per heavy atom. The Kier molecular flexibility index (Phi) is 10.2. The predicted octanol–water partition coefficient (Wildman–Crippen LogP) is 7.52. The summed E-state index contributed by atoms with van der Waals surface area (Å²) in [6.45, 7) is 7.32. The lowest BCUT2D eigenvalue weighted by Gasteiger charge is -2.44. The van der Waals surface area contributed by atoms with Gasteiger partial charge in [0.25, 0.3) is 8.32 Å². The van der Waals surface area contributed by atoms with Gasteiger partial charge in [0.05, 0.1) is 0 Å². The lowest BCUT2D eigenvalue weighted by atomic mass is 9.84. The average molecular weight is 559 g/mol. The van der Waals surface area contributed by atoms with Crippen molar-refractivity contribution in [3.05, 3.63) is 109 Å². The van der Waals surface area contributed by atoms with Crippen LogP contribution < -0.4 is 10.4 Å². The molecule has 1 aliphatic carbocycles. The third-order valence-corrected chi connectivity index (χ3v) is 13.5. The van der Waals surface area contributed by atoms with Crippen LogP contribution in [0.5, 0.6) is 0 Å². The van der Waals surface area contributed by atoms with Gasteiger partial charge in [-0.3, -0.25) is 4.79 Å². The number of unbranched alkanes of at least 4 members (excludes halogenated alkanes) is 1. The fraction of sp³-hybridized carbons (Fsp3) is 0.400. The van der Waals surface area contributed by atoms with Crippen LogP contribution in [0.3, 0.4) is 0 Å². The lowest BCUT2D eigenvalue weighted by Crippen LogP contribution is -2.67. The molecule has 0 aromatic heterocycles. The van der Waals surface area contributed by atoms with Gasteiger partial charge >= 0.3 is 5.97 Å². The third-order valence-electron chi connectivity index (χ3n) is 8.48. The first-order valence-electron chi connectivity index (χ1n) is 14.5. The Hall–Kier alpha value is -3.02. The summed E-state index contributed by atoms with van der Waals surface area (Å²) >= 11 is 0. The minimum atomic E-state index is -2.75. The molecule has 1 unspecified atom stereocenters. The van der Waals surface area contributed by atoms with Crippen molar-refractivity contribution in [2.45, 2.75) is 70.0 Å². The van der Waals surface area contributed by atoms with Gasteiger partial charge in [-0.1, -0.05) is 124 Å². The molecule has 1 N–H and O–H groups in total. The second-order valence-corrected chi connectivity index (χ2v) is 16.4. The number of carboxylic acids is 1. The molecular weight excluding hydrogens is 515 g/mol. The number of alkyl halides is 1. The molecule has 212 valence electrons. The van der Waals surface area contributed by atoms with Crippen LogP contribution in [0, 0.1) is 11.8 Å². The van der Waals surface area contributed by atoms with E-state index in [1.165, 1.54) is 15.9 Å². The van der Waals surface area contributed by atoms with E-state index < -0.39 is 20.5 Å². The Labute approximate surface area is 240 Å². The maximum atomic E-state index is 15.8.